The van der Waals surface area contributed by atoms with Gasteiger partial charge in [-0.05, 0) is 69.6 Å². The van der Waals surface area contributed by atoms with Crippen LogP contribution < -0.4 is 0 Å². The Kier molecular flexibility index (Phi) is 10.3. The molecular weight excluding hydrogens is 340 g/mol. The van der Waals surface area contributed by atoms with E-state index in [1.54, 1.807) is 12.4 Å². The van der Waals surface area contributed by atoms with E-state index in [-0.39, 0.29) is 23.0 Å². The minimum absolute atomic E-state index is 0. The third kappa shape index (κ3) is 7.34. The van der Waals surface area contributed by atoms with Gasteiger partial charge in [0.1, 0.15) is 0 Å². The van der Waals surface area contributed by atoms with E-state index < -0.39 is 6.10 Å². The van der Waals surface area contributed by atoms with Gasteiger partial charge in [-0.1, -0.05) is 19.8 Å². The molecule has 1 atom stereocenters. The molecule has 1 aromatic rings. The third-order valence-electron chi connectivity index (χ3n) is 3.18. The fourth-order valence-electron chi connectivity index (χ4n) is 1.85. The van der Waals surface area contributed by atoms with E-state index in [4.69, 9.17) is 0 Å². The Balaban J connectivity index is 0.000000412. The van der Waals surface area contributed by atoms with Crippen molar-refractivity contribution in [2.24, 2.45) is 5.92 Å². The molecule has 0 unspecified atom stereocenters. The molecule has 10 radical (unpaired) electrons. The molecule has 1 N–H and O–H groups in total. The molecule has 2 saturated carbocycles. The van der Waals surface area contributed by atoms with Gasteiger partial charge in [0, 0.05) is 18.0 Å². The van der Waals surface area contributed by atoms with Crippen molar-refractivity contribution in [2.45, 2.75) is 20.0 Å². The normalized spacial score (nSPS) is 18.2. The summed E-state index contributed by atoms with van der Waals surface area (Å²) in [5.74, 6) is 7.43. The summed E-state index contributed by atoms with van der Waals surface area (Å²) in [6.45, 7) is 3.90. The molecule has 24 heavy (non-hydrogen) atoms. The minimum Gasteiger partial charge on any atom is -0.388 e. The van der Waals surface area contributed by atoms with Gasteiger partial charge in [0.05, 0.1) is 12.0 Å². The van der Waals surface area contributed by atoms with Crippen molar-refractivity contribution in [3.63, 3.8) is 0 Å². The van der Waals surface area contributed by atoms with E-state index in [9.17, 15) is 5.11 Å². The maximum absolute atomic E-state index is 9.85. The first kappa shape index (κ1) is 21.2. The Morgan fingerprint density at radius 1 is 0.833 bits per heavy atom. The van der Waals surface area contributed by atoms with Crippen LogP contribution in [0.5, 0.6) is 0 Å². The van der Waals surface area contributed by atoms with Crippen LogP contribution in [-0.2, 0) is 17.1 Å². The molecule has 1 heterocycles. The Hall–Kier alpha value is -0.881. The van der Waals surface area contributed by atoms with E-state index in [0.29, 0.717) is 5.82 Å². The standard InChI is InChI=1S/C15H15N2O.C5H5.Fe/c1-11(2)15(18)13-9-16-14(17-10-13)8-7-12-5-3-4-6-12;1-2-4-5-3-1;/h3-6,9-11,15,18H,1-2H3;1-5H;/q;;+2/t15-;;/m0../s1. The summed E-state index contributed by atoms with van der Waals surface area (Å²) in [7, 11) is 0. The quantitative estimate of drug-likeness (QED) is 0.652. The average molecular weight is 360 g/mol. The summed E-state index contributed by atoms with van der Waals surface area (Å²) in [6.07, 6.45) is 20.5. The Morgan fingerprint density at radius 2 is 1.33 bits per heavy atom. The van der Waals surface area contributed by atoms with Crippen LogP contribution >= 0.6 is 0 Å². The molecule has 3 nitrogen and oxygen atoms in total. The van der Waals surface area contributed by atoms with Crippen LogP contribution in [0.15, 0.2) is 12.4 Å². The van der Waals surface area contributed by atoms with E-state index in [0.717, 1.165) is 11.5 Å². The van der Waals surface area contributed by atoms with Gasteiger partial charge < -0.3 is 5.11 Å². The molecule has 122 valence electrons. The number of aliphatic hydroxyl groups excluding tert-OH is 1. The van der Waals surface area contributed by atoms with Crippen LogP contribution in [0.4, 0.5) is 0 Å². The molecule has 0 spiro atoms. The maximum atomic E-state index is 9.85. The van der Waals surface area contributed by atoms with Crippen molar-refractivity contribution in [1.82, 2.24) is 9.97 Å². The van der Waals surface area contributed by atoms with Gasteiger partial charge in [-0.15, -0.1) is 0 Å². The molecule has 2 aliphatic rings. The number of nitrogens with zero attached hydrogens (tertiary/aromatic N) is 2. The van der Waals surface area contributed by atoms with Crippen molar-refractivity contribution in [1.29, 1.82) is 0 Å². The second-order valence-electron chi connectivity index (χ2n) is 5.41. The Labute approximate surface area is 157 Å². The van der Waals surface area contributed by atoms with Crippen molar-refractivity contribution < 1.29 is 22.2 Å². The van der Waals surface area contributed by atoms with Gasteiger partial charge in [-0.3, -0.25) is 0 Å². The van der Waals surface area contributed by atoms with Gasteiger partial charge in [-0.2, -0.15) is 0 Å². The predicted molar refractivity (Wildman–Crippen MR) is 90.7 cm³/mol. The van der Waals surface area contributed by atoms with Gasteiger partial charge in [0.15, 0.2) is 0 Å². The molecule has 0 saturated heterocycles. The van der Waals surface area contributed by atoms with Crippen LogP contribution in [0.3, 0.4) is 0 Å². The van der Waals surface area contributed by atoms with E-state index in [1.807, 2.05) is 71.6 Å². The molecular formula is C20H20FeN2O+2. The van der Waals surface area contributed by atoms with Gasteiger partial charge in [0.25, 0.3) is 0 Å². The summed E-state index contributed by atoms with van der Waals surface area (Å²) in [6, 6.07) is 0. The number of aromatic nitrogens is 2. The number of hydrogen-bond acceptors (Lipinski definition) is 3. The smallest absolute Gasteiger partial charge is 0.388 e. The fourth-order valence-corrected chi connectivity index (χ4v) is 1.85. The molecule has 3 rings (SSSR count). The summed E-state index contributed by atoms with van der Waals surface area (Å²) >= 11 is 0. The van der Waals surface area contributed by atoms with Gasteiger partial charge in [0.2, 0.25) is 5.82 Å². The van der Waals surface area contributed by atoms with E-state index in [2.05, 4.69) is 21.8 Å². The van der Waals surface area contributed by atoms with Gasteiger partial charge >= 0.3 is 17.1 Å². The van der Waals surface area contributed by atoms with Gasteiger partial charge in [-0.25, -0.2) is 9.97 Å². The molecule has 2 aliphatic carbocycles. The molecule has 4 heteroatoms. The summed E-state index contributed by atoms with van der Waals surface area (Å²) in [4.78, 5) is 8.27. The van der Waals surface area contributed by atoms with Crippen LogP contribution in [0.25, 0.3) is 0 Å². The summed E-state index contributed by atoms with van der Waals surface area (Å²) < 4.78 is 0. The SMILES string of the molecule is CC(C)[C@H](O)c1cnc(C#C[C]2[CH][CH][CH][CH]2)nc1.[CH]1[CH][CH][CH][CH]1.[Fe+2]. The number of aliphatic hydroxyl groups is 1. The third-order valence-corrected chi connectivity index (χ3v) is 3.18. The number of rotatable bonds is 2. The average Bonchev–Trinajstić information content (AvgIpc) is 3.28. The summed E-state index contributed by atoms with van der Waals surface area (Å²) in [5, 5.41) is 9.85. The van der Waals surface area contributed by atoms with Crippen molar-refractivity contribution >= 4 is 0 Å². The molecule has 0 aliphatic heterocycles. The molecule has 0 amide bonds. The van der Waals surface area contributed by atoms with Crippen LogP contribution in [0.2, 0.25) is 0 Å². The zero-order valence-corrected chi connectivity index (χ0v) is 14.8. The predicted octanol–water partition coefficient (Wildman–Crippen LogP) is 2.94. The zero-order valence-electron chi connectivity index (χ0n) is 13.7. The molecule has 0 aromatic carbocycles. The van der Waals surface area contributed by atoms with Crippen molar-refractivity contribution in [3.8, 4) is 11.8 Å². The second kappa shape index (κ2) is 11.6. The Bertz CT molecular complexity index is 501. The fraction of sp³-hybridized carbons (Fsp3) is 0.200. The van der Waals surface area contributed by atoms with Crippen LogP contribution in [0, 0.1) is 81.5 Å². The first-order chi connectivity index (χ1) is 11.2. The largest absolute Gasteiger partial charge is 2.00 e. The van der Waals surface area contributed by atoms with Crippen molar-refractivity contribution in [2.75, 3.05) is 0 Å². The summed E-state index contributed by atoms with van der Waals surface area (Å²) in [5.41, 5.74) is 0.726. The second-order valence-corrected chi connectivity index (χ2v) is 5.41. The van der Waals surface area contributed by atoms with Crippen LogP contribution in [0.1, 0.15) is 31.3 Å². The Morgan fingerprint density at radius 3 is 1.79 bits per heavy atom. The van der Waals surface area contributed by atoms with Crippen LogP contribution in [-0.4, -0.2) is 15.1 Å². The first-order valence-corrected chi connectivity index (χ1v) is 7.57. The van der Waals surface area contributed by atoms with E-state index >= 15 is 0 Å². The number of hydrogen-bond donors (Lipinski definition) is 1. The minimum atomic E-state index is -0.526. The van der Waals surface area contributed by atoms with E-state index in [1.165, 1.54) is 0 Å². The topological polar surface area (TPSA) is 46.0 Å². The monoisotopic (exact) mass is 360 g/mol. The maximum Gasteiger partial charge on any atom is 2.00 e. The molecule has 2 fully saturated rings. The molecule has 1 aromatic heterocycles. The first-order valence-electron chi connectivity index (χ1n) is 7.57. The van der Waals surface area contributed by atoms with Crippen molar-refractivity contribution in [3.05, 3.63) is 87.5 Å². The zero-order chi connectivity index (χ0) is 16.5. The molecule has 0 bridgehead atoms.